The molecule has 33 heavy (non-hydrogen) atoms. The average Bonchev–Trinajstić information content (AvgIpc) is 3.33. The maximum Gasteiger partial charge on any atom is 0.274 e. The molecule has 0 bridgehead atoms. The zero-order valence-electron chi connectivity index (χ0n) is 18.7. The van der Waals surface area contributed by atoms with Crippen LogP contribution in [0.2, 0.25) is 0 Å². The Hall–Kier alpha value is -3.04. The predicted octanol–water partition coefficient (Wildman–Crippen LogP) is 3.67. The lowest BCUT2D eigenvalue weighted by Crippen LogP contribution is -2.50. The van der Waals surface area contributed by atoms with Crippen LogP contribution in [-0.2, 0) is 10.0 Å². The highest BCUT2D eigenvalue weighted by molar-refractivity contribution is 7.89. The minimum atomic E-state index is -3.63. The average molecular weight is 471 g/mol. The summed E-state index contributed by atoms with van der Waals surface area (Å²) in [6.07, 6.45) is 2.52. The van der Waals surface area contributed by atoms with Gasteiger partial charge in [-0.2, -0.15) is 9.40 Å². The Morgan fingerprint density at radius 1 is 1.03 bits per heavy atom. The van der Waals surface area contributed by atoms with Crippen LogP contribution in [0.25, 0.3) is 5.69 Å². The van der Waals surface area contributed by atoms with Crippen LogP contribution >= 0.6 is 0 Å². The lowest BCUT2D eigenvalue weighted by atomic mass is 9.99. The van der Waals surface area contributed by atoms with Crippen molar-refractivity contribution in [3.63, 3.8) is 0 Å². The standard InChI is InChI=1S/C24H27FN4O3S/c1-3-18(2)19-8-10-20(11-9-19)33(31,32)28-16-14-27(15-17-28)24(30)22-12-13-29(26-22)23-7-5-4-6-21(23)25/h4-13,18H,3,14-17H2,1-2H3. The van der Waals surface area contributed by atoms with E-state index in [9.17, 15) is 17.6 Å². The summed E-state index contributed by atoms with van der Waals surface area (Å²) in [7, 11) is -3.63. The number of carbonyl (C=O) groups is 1. The zero-order valence-corrected chi connectivity index (χ0v) is 19.5. The summed E-state index contributed by atoms with van der Waals surface area (Å²) in [4.78, 5) is 14.7. The molecule has 9 heteroatoms. The molecule has 1 fully saturated rings. The fraction of sp³-hybridized carbons (Fsp3) is 0.333. The number of aromatic nitrogens is 2. The molecule has 0 spiro atoms. The number of piperazine rings is 1. The number of amides is 1. The van der Waals surface area contributed by atoms with Crippen LogP contribution in [0.1, 0.15) is 42.2 Å². The first kappa shape index (κ1) is 23.1. The number of sulfonamides is 1. The van der Waals surface area contributed by atoms with Crippen molar-refractivity contribution in [2.45, 2.75) is 31.1 Å². The maximum absolute atomic E-state index is 14.0. The van der Waals surface area contributed by atoms with E-state index in [2.05, 4.69) is 18.9 Å². The largest absolute Gasteiger partial charge is 0.335 e. The van der Waals surface area contributed by atoms with Crippen molar-refractivity contribution < 1.29 is 17.6 Å². The highest BCUT2D eigenvalue weighted by Crippen LogP contribution is 2.23. The highest BCUT2D eigenvalue weighted by atomic mass is 32.2. The van der Waals surface area contributed by atoms with Gasteiger partial charge in [0.25, 0.3) is 5.91 Å². The second kappa shape index (κ2) is 9.44. The zero-order chi connectivity index (χ0) is 23.6. The molecule has 1 aliphatic rings. The van der Waals surface area contributed by atoms with Crippen molar-refractivity contribution in [2.75, 3.05) is 26.2 Å². The Morgan fingerprint density at radius 3 is 2.33 bits per heavy atom. The summed E-state index contributed by atoms with van der Waals surface area (Å²) >= 11 is 0. The van der Waals surface area contributed by atoms with Crippen molar-refractivity contribution in [1.29, 1.82) is 0 Å². The number of halogens is 1. The molecular formula is C24H27FN4O3S. The van der Waals surface area contributed by atoms with Crippen LogP contribution in [0.4, 0.5) is 4.39 Å². The molecule has 2 heterocycles. The smallest absolute Gasteiger partial charge is 0.274 e. The lowest BCUT2D eigenvalue weighted by molar-refractivity contribution is 0.0691. The number of hydrogen-bond acceptors (Lipinski definition) is 4. The number of hydrogen-bond donors (Lipinski definition) is 0. The molecule has 0 aliphatic carbocycles. The predicted molar refractivity (Wildman–Crippen MR) is 123 cm³/mol. The topological polar surface area (TPSA) is 75.5 Å². The number of para-hydroxylation sites is 1. The van der Waals surface area contributed by atoms with Crippen LogP contribution in [0, 0.1) is 5.82 Å². The molecule has 1 atom stereocenters. The van der Waals surface area contributed by atoms with E-state index in [-0.39, 0.29) is 48.4 Å². The van der Waals surface area contributed by atoms with Crippen molar-refractivity contribution in [2.24, 2.45) is 0 Å². The third-order valence-electron chi connectivity index (χ3n) is 6.13. The summed E-state index contributed by atoms with van der Waals surface area (Å²) in [5.41, 5.74) is 1.56. The molecule has 0 radical (unpaired) electrons. The molecule has 1 amide bonds. The van der Waals surface area contributed by atoms with Gasteiger partial charge in [-0.15, -0.1) is 0 Å². The van der Waals surface area contributed by atoms with Gasteiger partial charge in [0.05, 0.1) is 4.90 Å². The van der Waals surface area contributed by atoms with Crippen LogP contribution in [-0.4, -0.2) is 59.5 Å². The number of benzene rings is 2. The Kier molecular flexibility index (Phi) is 6.62. The summed E-state index contributed by atoms with van der Waals surface area (Å²) in [6.45, 7) is 5.13. The van der Waals surface area contributed by atoms with Crippen LogP contribution < -0.4 is 0 Å². The van der Waals surface area contributed by atoms with E-state index in [1.165, 1.54) is 27.3 Å². The molecule has 7 nitrogen and oxygen atoms in total. The van der Waals surface area contributed by atoms with Gasteiger partial charge in [-0.25, -0.2) is 17.5 Å². The van der Waals surface area contributed by atoms with Gasteiger partial charge in [-0.1, -0.05) is 38.1 Å². The maximum atomic E-state index is 14.0. The molecule has 1 aromatic heterocycles. The third kappa shape index (κ3) is 4.69. The SMILES string of the molecule is CCC(C)c1ccc(S(=O)(=O)N2CCN(C(=O)c3ccn(-c4ccccc4F)n3)CC2)cc1. The molecule has 1 unspecified atom stereocenters. The van der Waals surface area contributed by atoms with Gasteiger partial charge in [0.1, 0.15) is 11.5 Å². The van der Waals surface area contributed by atoms with Crippen molar-refractivity contribution in [3.05, 3.63) is 77.9 Å². The van der Waals surface area contributed by atoms with E-state index < -0.39 is 15.8 Å². The van der Waals surface area contributed by atoms with Gasteiger partial charge in [0.2, 0.25) is 10.0 Å². The van der Waals surface area contributed by atoms with Gasteiger partial charge in [-0.3, -0.25) is 4.79 Å². The number of nitrogens with zero attached hydrogens (tertiary/aromatic N) is 4. The molecular weight excluding hydrogens is 443 g/mol. The van der Waals surface area contributed by atoms with Crippen LogP contribution in [0.15, 0.2) is 65.7 Å². The molecule has 1 aliphatic heterocycles. The molecule has 3 aromatic rings. The van der Waals surface area contributed by atoms with Crippen molar-refractivity contribution >= 4 is 15.9 Å². The van der Waals surface area contributed by atoms with E-state index in [1.54, 1.807) is 35.2 Å². The second-order valence-corrected chi connectivity index (χ2v) is 10.1. The Balaban J connectivity index is 1.41. The highest BCUT2D eigenvalue weighted by Gasteiger charge is 2.31. The monoisotopic (exact) mass is 470 g/mol. The quantitative estimate of drug-likeness (QED) is 0.551. The normalized spacial score (nSPS) is 16.0. The molecule has 0 saturated carbocycles. The first-order valence-corrected chi connectivity index (χ1v) is 12.4. The van der Waals surface area contributed by atoms with E-state index in [4.69, 9.17) is 0 Å². The number of rotatable bonds is 6. The second-order valence-electron chi connectivity index (χ2n) is 8.17. The fourth-order valence-corrected chi connectivity index (χ4v) is 5.28. The van der Waals surface area contributed by atoms with Gasteiger partial charge in [0, 0.05) is 32.4 Å². The van der Waals surface area contributed by atoms with Gasteiger partial charge in [-0.05, 0) is 48.2 Å². The van der Waals surface area contributed by atoms with Crippen molar-refractivity contribution in [3.8, 4) is 5.69 Å². The Labute approximate surface area is 193 Å². The van der Waals surface area contributed by atoms with Gasteiger partial charge < -0.3 is 4.90 Å². The fourth-order valence-electron chi connectivity index (χ4n) is 3.86. The Morgan fingerprint density at radius 2 is 1.70 bits per heavy atom. The van der Waals surface area contributed by atoms with Crippen LogP contribution in [0.3, 0.4) is 0 Å². The van der Waals surface area contributed by atoms with Crippen LogP contribution in [0.5, 0.6) is 0 Å². The Bertz CT molecular complexity index is 1230. The third-order valence-corrected chi connectivity index (χ3v) is 8.05. The minimum Gasteiger partial charge on any atom is -0.335 e. The van der Waals surface area contributed by atoms with E-state index >= 15 is 0 Å². The molecule has 174 valence electrons. The minimum absolute atomic E-state index is 0.190. The summed E-state index contributed by atoms with van der Waals surface area (Å²) < 4.78 is 42.8. The molecule has 4 rings (SSSR count). The molecule has 1 saturated heterocycles. The molecule has 2 aromatic carbocycles. The summed E-state index contributed by atoms with van der Waals surface area (Å²) in [5, 5.41) is 4.21. The van der Waals surface area contributed by atoms with Gasteiger partial charge in [0.15, 0.2) is 5.69 Å². The first-order chi connectivity index (χ1) is 15.8. The summed E-state index contributed by atoms with van der Waals surface area (Å²) in [6, 6.07) is 14.8. The van der Waals surface area contributed by atoms with Crippen molar-refractivity contribution in [1.82, 2.24) is 19.0 Å². The van der Waals surface area contributed by atoms with E-state index in [0.29, 0.717) is 5.92 Å². The first-order valence-electron chi connectivity index (χ1n) is 11.0. The summed E-state index contributed by atoms with van der Waals surface area (Å²) in [5.74, 6) is -0.367. The lowest BCUT2D eigenvalue weighted by Gasteiger charge is -2.33. The van der Waals surface area contributed by atoms with Gasteiger partial charge >= 0.3 is 0 Å². The molecule has 0 N–H and O–H groups in total. The van der Waals surface area contributed by atoms with E-state index in [0.717, 1.165) is 12.0 Å². The number of carbonyl (C=O) groups excluding carboxylic acids is 1. The van der Waals surface area contributed by atoms with E-state index in [1.807, 2.05) is 12.1 Å².